The molecule has 1 unspecified atom stereocenters. The van der Waals surface area contributed by atoms with Gasteiger partial charge in [0.15, 0.2) is 0 Å². The average molecular weight is 679 g/mol. The first-order valence-electron chi connectivity index (χ1n) is 18.6. The minimum absolute atomic E-state index is 0.00559. The predicted molar refractivity (Wildman–Crippen MR) is 203 cm³/mol. The molecule has 1 fully saturated rings. The summed E-state index contributed by atoms with van der Waals surface area (Å²) in [5.41, 5.74) is 20.2. The van der Waals surface area contributed by atoms with E-state index in [1.165, 1.54) is 24.8 Å². The predicted octanol–water partition coefficient (Wildman–Crippen LogP) is 7.50. The number of hydrogen-bond donors (Lipinski definition) is 4. The number of nitrogens with one attached hydrogen (secondary N) is 2. The fourth-order valence-electron chi connectivity index (χ4n) is 8.10. The normalized spacial score (nSPS) is 23.4. The molecule has 0 aromatic carbocycles. The summed E-state index contributed by atoms with van der Waals surface area (Å²) in [6.45, 7) is 16.6. The molecular formula is C41H54N6O3. The molecule has 1 aliphatic carbocycles. The van der Waals surface area contributed by atoms with Crippen LogP contribution in [0.25, 0.3) is 0 Å². The largest absolute Gasteiger partial charge is 0.511 e. The van der Waals surface area contributed by atoms with Gasteiger partial charge in [-0.1, -0.05) is 40.0 Å². The first-order valence-corrected chi connectivity index (χ1v) is 18.6. The van der Waals surface area contributed by atoms with Crippen LogP contribution in [0, 0.1) is 11.8 Å². The summed E-state index contributed by atoms with van der Waals surface area (Å²) in [6.07, 6.45) is 13.1. The van der Waals surface area contributed by atoms with Crippen LogP contribution in [0.15, 0.2) is 106 Å². The van der Waals surface area contributed by atoms with Gasteiger partial charge >= 0.3 is 0 Å². The molecule has 5 N–H and O–H groups in total. The van der Waals surface area contributed by atoms with Crippen LogP contribution in [0.5, 0.6) is 0 Å². The molecule has 9 heteroatoms. The zero-order valence-electron chi connectivity index (χ0n) is 30.9. The summed E-state index contributed by atoms with van der Waals surface area (Å²) in [5, 5.41) is 18.1. The molecular weight excluding hydrogens is 624 g/mol. The maximum Gasteiger partial charge on any atom is 0.220 e. The molecule has 0 spiro atoms. The molecule has 6 rings (SSSR count). The standard InChI is InChI=1S/C41H54N6O3/c1-8-10-11-12-17-50-26(7)38-24(5)32-19-31-23(4)28(13-14-37(49)43-16-15-42)40(46-31)29-18-36(48)39-25(6)33(47-41(29)39)20-34-27(9-2)22(3)30(44-34)21-35(38)45-32/h19-21,23,26,28,46,48H,8-18,42H2,1-7H3,(H,43,49)/t23-,26?,28-/m0/s1. The van der Waals surface area contributed by atoms with Gasteiger partial charge in [0.05, 0.1) is 40.3 Å². The SMILES string of the molecule is CCCCCCOC(C)C1=C(C)C2=NC1=CC1=NC(=CC3=C(C)C4=C(O)CC(=C5NC(=C2)[C@@H](C)[C@@H]5CCC(=O)NCCN)C4=N3)C(CC)=C1C. The lowest BCUT2D eigenvalue weighted by atomic mass is 9.86. The molecule has 0 saturated carbocycles. The van der Waals surface area contributed by atoms with Crippen LogP contribution < -0.4 is 16.4 Å². The third-order valence-corrected chi connectivity index (χ3v) is 11.0. The monoisotopic (exact) mass is 678 g/mol. The number of nitrogens with two attached hydrogens (primary N) is 1. The van der Waals surface area contributed by atoms with E-state index in [0.717, 1.165) is 91.9 Å². The van der Waals surface area contributed by atoms with Crippen molar-refractivity contribution in [3.63, 3.8) is 0 Å². The van der Waals surface area contributed by atoms with Crippen molar-refractivity contribution in [3.8, 4) is 0 Å². The van der Waals surface area contributed by atoms with E-state index in [1.807, 2.05) is 6.92 Å². The number of carbonyl (C=O) groups excluding carboxylic acids is 1. The molecule has 0 aromatic rings. The first kappa shape index (κ1) is 35.7. The number of aliphatic imine (C=N–C) groups is 3. The van der Waals surface area contributed by atoms with Crippen molar-refractivity contribution in [2.24, 2.45) is 32.5 Å². The Labute approximate surface area is 297 Å². The van der Waals surface area contributed by atoms with E-state index in [2.05, 4.69) is 70.4 Å². The number of aliphatic hydroxyl groups is 1. The van der Waals surface area contributed by atoms with Gasteiger partial charge in [0.1, 0.15) is 5.76 Å². The van der Waals surface area contributed by atoms with Crippen LogP contribution in [-0.2, 0) is 9.53 Å². The Morgan fingerprint density at radius 3 is 2.54 bits per heavy atom. The molecule has 9 nitrogen and oxygen atoms in total. The van der Waals surface area contributed by atoms with Gasteiger partial charge in [0.25, 0.3) is 0 Å². The Balaban J connectivity index is 1.48. The van der Waals surface area contributed by atoms with Gasteiger partial charge in [0, 0.05) is 72.5 Å². The van der Waals surface area contributed by atoms with Crippen molar-refractivity contribution in [3.05, 3.63) is 91.5 Å². The lowest BCUT2D eigenvalue weighted by Crippen LogP contribution is -2.29. The Morgan fingerprint density at radius 1 is 1.04 bits per heavy atom. The summed E-state index contributed by atoms with van der Waals surface area (Å²) in [7, 11) is 0. The summed E-state index contributed by atoms with van der Waals surface area (Å²) in [4.78, 5) is 28.4. The van der Waals surface area contributed by atoms with Gasteiger partial charge in [-0.25, -0.2) is 15.0 Å². The van der Waals surface area contributed by atoms with Crippen molar-refractivity contribution >= 4 is 23.0 Å². The molecule has 5 aliphatic heterocycles. The lowest BCUT2D eigenvalue weighted by molar-refractivity contribution is -0.121. The molecule has 8 bridgehead atoms. The number of rotatable bonds is 13. The van der Waals surface area contributed by atoms with Crippen LogP contribution in [0.1, 0.15) is 99.8 Å². The first-order chi connectivity index (χ1) is 24.1. The number of allylic oxidation sites excluding steroid dienone is 11. The summed E-state index contributed by atoms with van der Waals surface area (Å²) < 4.78 is 6.46. The Kier molecular flexibility index (Phi) is 10.7. The van der Waals surface area contributed by atoms with E-state index >= 15 is 0 Å². The number of hydrogen-bond acceptors (Lipinski definition) is 8. The number of unbranched alkanes of at least 4 members (excludes halogenated alkanes) is 3. The van der Waals surface area contributed by atoms with Crippen LogP contribution >= 0.6 is 0 Å². The highest BCUT2D eigenvalue weighted by atomic mass is 16.5. The van der Waals surface area contributed by atoms with Crippen LogP contribution in [0.3, 0.4) is 0 Å². The second kappa shape index (κ2) is 15.0. The summed E-state index contributed by atoms with van der Waals surface area (Å²) in [5.74, 6) is 0.436. The smallest absolute Gasteiger partial charge is 0.220 e. The molecule has 50 heavy (non-hydrogen) atoms. The van der Waals surface area contributed by atoms with Gasteiger partial charge in [-0.3, -0.25) is 4.79 Å². The van der Waals surface area contributed by atoms with Gasteiger partial charge in [-0.05, 0) is 87.5 Å². The Morgan fingerprint density at radius 2 is 1.80 bits per heavy atom. The number of ether oxygens (including phenoxy) is 1. The Bertz CT molecular complexity index is 1820. The number of nitrogens with zero attached hydrogens (tertiary/aromatic N) is 3. The Hall–Kier alpha value is -4.08. The van der Waals surface area contributed by atoms with Crippen LogP contribution in [0.2, 0.25) is 0 Å². The number of fused-ring (bicyclic) bond motifs is 5. The zero-order valence-corrected chi connectivity index (χ0v) is 30.9. The van der Waals surface area contributed by atoms with Gasteiger partial charge < -0.3 is 26.2 Å². The van der Waals surface area contributed by atoms with E-state index in [-0.39, 0.29) is 23.8 Å². The van der Waals surface area contributed by atoms with E-state index in [9.17, 15) is 9.90 Å². The number of amides is 1. The second-order valence-corrected chi connectivity index (χ2v) is 14.3. The van der Waals surface area contributed by atoms with Crippen LogP contribution in [-0.4, -0.2) is 53.9 Å². The zero-order chi connectivity index (χ0) is 35.7. The fourth-order valence-corrected chi connectivity index (χ4v) is 8.10. The average Bonchev–Trinajstić information content (AvgIpc) is 3.84. The van der Waals surface area contributed by atoms with E-state index < -0.39 is 0 Å². The number of carbonyl (C=O) groups is 1. The molecule has 3 atom stereocenters. The molecule has 1 amide bonds. The molecule has 0 aromatic heterocycles. The molecule has 0 radical (unpaired) electrons. The highest BCUT2D eigenvalue weighted by Gasteiger charge is 2.41. The van der Waals surface area contributed by atoms with Crippen molar-refractivity contribution in [2.75, 3.05) is 19.7 Å². The van der Waals surface area contributed by atoms with Crippen molar-refractivity contribution in [1.82, 2.24) is 10.6 Å². The lowest BCUT2D eigenvalue weighted by Gasteiger charge is -2.18. The summed E-state index contributed by atoms with van der Waals surface area (Å²) in [6, 6.07) is 0. The highest BCUT2D eigenvalue weighted by molar-refractivity contribution is 6.21. The minimum atomic E-state index is -0.132. The van der Waals surface area contributed by atoms with E-state index in [4.69, 9.17) is 25.4 Å². The number of aliphatic hydroxyl groups excluding tert-OH is 1. The highest BCUT2D eigenvalue weighted by Crippen LogP contribution is 2.46. The van der Waals surface area contributed by atoms with Gasteiger partial charge in [-0.15, -0.1) is 0 Å². The third kappa shape index (κ3) is 6.70. The molecule has 5 heterocycles. The van der Waals surface area contributed by atoms with Crippen molar-refractivity contribution in [2.45, 2.75) is 106 Å². The van der Waals surface area contributed by atoms with Crippen molar-refractivity contribution < 1.29 is 14.6 Å². The quantitative estimate of drug-likeness (QED) is 0.150. The maximum atomic E-state index is 12.8. The summed E-state index contributed by atoms with van der Waals surface area (Å²) >= 11 is 0. The maximum absolute atomic E-state index is 12.8. The third-order valence-electron chi connectivity index (χ3n) is 11.0. The molecule has 266 valence electrons. The van der Waals surface area contributed by atoms with Crippen LogP contribution in [0.4, 0.5) is 0 Å². The van der Waals surface area contributed by atoms with Gasteiger partial charge in [0.2, 0.25) is 5.91 Å². The molecule has 1 saturated heterocycles. The van der Waals surface area contributed by atoms with E-state index in [1.54, 1.807) is 0 Å². The fraction of sp³-hybridized carbons (Fsp3) is 0.512. The van der Waals surface area contributed by atoms with Crippen molar-refractivity contribution in [1.29, 1.82) is 0 Å². The second-order valence-electron chi connectivity index (χ2n) is 14.3. The molecule has 6 aliphatic rings. The van der Waals surface area contributed by atoms with E-state index in [0.29, 0.717) is 44.7 Å². The minimum Gasteiger partial charge on any atom is -0.511 e. The topological polar surface area (TPSA) is 134 Å². The van der Waals surface area contributed by atoms with Gasteiger partial charge in [-0.2, -0.15) is 0 Å².